The van der Waals surface area contributed by atoms with E-state index in [0.717, 1.165) is 28.4 Å². The maximum absolute atomic E-state index is 12.4. The summed E-state index contributed by atoms with van der Waals surface area (Å²) >= 11 is 1.19. The monoisotopic (exact) mass is 474 g/mol. The first kappa shape index (κ1) is 23.4. The van der Waals surface area contributed by atoms with Crippen molar-refractivity contribution in [3.8, 4) is 17.2 Å². The van der Waals surface area contributed by atoms with E-state index in [1.807, 2.05) is 66.7 Å². The Hall–Kier alpha value is -3.78. The number of amides is 1. The zero-order valence-corrected chi connectivity index (χ0v) is 20.1. The average molecular weight is 475 g/mol. The fourth-order valence-corrected chi connectivity index (χ4v) is 4.05. The number of hydrogen-bond acceptors (Lipinski definition) is 7. The Morgan fingerprint density at radius 3 is 2.29 bits per heavy atom. The number of nitrogens with one attached hydrogen (secondary N) is 1. The number of nitrogens with zero attached hydrogens (tertiary/aromatic N) is 3. The lowest BCUT2D eigenvalue weighted by molar-refractivity contribution is -0.113. The second-order valence-corrected chi connectivity index (χ2v) is 8.71. The van der Waals surface area contributed by atoms with Crippen LogP contribution in [0.25, 0.3) is 11.5 Å². The summed E-state index contributed by atoms with van der Waals surface area (Å²) in [5, 5.41) is 11.3. The standard InChI is InChI=1S/C26H26N4O3S/c1-18(2)30(21-7-5-4-6-8-21)22-13-11-20(12-14-22)27-24(31)17-34-26-29-28-25(33-26)19-9-15-23(32-3)16-10-19/h4-16,18H,17H2,1-3H3,(H,27,31). The van der Waals surface area contributed by atoms with Crippen LogP contribution in [0.2, 0.25) is 0 Å². The molecule has 0 saturated carbocycles. The summed E-state index contributed by atoms with van der Waals surface area (Å²) in [6, 6.07) is 25.7. The van der Waals surface area contributed by atoms with Crippen molar-refractivity contribution in [2.45, 2.75) is 25.1 Å². The lowest BCUT2D eigenvalue weighted by atomic mass is 10.2. The third-order valence-electron chi connectivity index (χ3n) is 5.05. The van der Waals surface area contributed by atoms with E-state index >= 15 is 0 Å². The number of hydrogen-bond donors (Lipinski definition) is 1. The van der Waals surface area contributed by atoms with Gasteiger partial charge in [0.2, 0.25) is 11.8 Å². The van der Waals surface area contributed by atoms with E-state index in [1.54, 1.807) is 7.11 Å². The molecule has 3 aromatic carbocycles. The fraction of sp³-hybridized carbons (Fsp3) is 0.192. The molecule has 34 heavy (non-hydrogen) atoms. The molecule has 174 valence electrons. The van der Waals surface area contributed by atoms with Crippen molar-refractivity contribution >= 4 is 34.7 Å². The van der Waals surface area contributed by atoms with E-state index in [4.69, 9.17) is 9.15 Å². The number of thioether (sulfide) groups is 1. The normalized spacial score (nSPS) is 10.8. The molecule has 1 N–H and O–H groups in total. The van der Waals surface area contributed by atoms with Gasteiger partial charge in [-0.3, -0.25) is 4.79 Å². The molecule has 7 nitrogen and oxygen atoms in total. The molecule has 0 radical (unpaired) electrons. The van der Waals surface area contributed by atoms with Crippen LogP contribution in [0, 0.1) is 0 Å². The van der Waals surface area contributed by atoms with Crippen molar-refractivity contribution < 1.29 is 13.9 Å². The quantitative estimate of drug-likeness (QED) is 0.297. The SMILES string of the molecule is COc1ccc(-c2nnc(SCC(=O)Nc3ccc(N(c4ccccc4)C(C)C)cc3)o2)cc1. The molecule has 0 bridgehead atoms. The topological polar surface area (TPSA) is 80.5 Å². The van der Waals surface area contributed by atoms with Gasteiger partial charge in [0, 0.05) is 28.7 Å². The van der Waals surface area contributed by atoms with Gasteiger partial charge in [0.1, 0.15) is 5.75 Å². The van der Waals surface area contributed by atoms with Gasteiger partial charge in [-0.25, -0.2) is 0 Å². The highest BCUT2D eigenvalue weighted by Gasteiger charge is 2.14. The van der Waals surface area contributed by atoms with E-state index < -0.39 is 0 Å². The van der Waals surface area contributed by atoms with Gasteiger partial charge in [-0.05, 0) is 74.5 Å². The molecule has 0 unspecified atom stereocenters. The van der Waals surface area contributed by atoms with Gasteiger partial charge >= 0.3 is 0 Å². The van der Waals surface area contributed by atoms with Gasteiger partial charge in [0.15, 0.2) is 0 Å². The molecule has 0 aliphatic heterocycles. The van der Waals surface area contributed by atoms with Crippen LogP contribution in [0.1, 0.15) is 13.8 Å². The largest absolute Gasteiger partial charge is 0.497 e. The molecule has 1 heterocycles. The summed E-state index contributed by atoms with van der Waals surface area (Å²) in [5.41, 5.74) is 3.70. The Kier molecular flexibility index (Phi) is 7.49. The number of rotatable bonds is 9. The fourth-order valence-electron chi connectivity index (χ4n) is 3.48. The van der Waals surface area contributed by atoms with Gasteiger partial charge < -0.3 is 19.4 Å². The van der Waals surface area contributed by atoms with Crippen molar-refractivity contribution in [3.63, 3.8) is 0 Å². The van der Waals surface area contributed by atoms with Gasteiger partial charge in [-0.15, -0.1) is 10.2 Å². The second kappa shape index (κ2) is 10.9. The number of carbonyl (C=O) groups is 1. The summed E-state index contributed by atoms with van der Waals surface area (Å²) in [6.45, 7) is 4.30. The molecule has 1 amide bonds. The van der Waals surface area contributed by atoms with Crippen LogP contribution in [0.15, 0.2) is 88.5 Å². The van der Waals surface area contributed by atoms with Crippen molar-refractivity contribution in [1.82, 2.24) is 10.2 Å². The summed E-state index contributed by atoms with van der Waals surface area (Å²) in [6.07, 6.45) is 0. The second-order valence-electron chi connectivity index (χ2n) is 7.78. The Bertz CT molecular complexity index is 1210. The summed E-state index contributed by atoms with van der Waals surface area (Å²) in [7, 11) is 1.61. The van der Waals surface area contributed by atoms with Crippen LogP contribution >= 0.6 is 11.8 Å². The zero-order valence-electron chi connectivity index (χ0n) is 19.3. The van der Waals surface area contributed by atoms with Crippen LogP contribution < -0.4 is 15.0 Å². The molecule has 0 atom stereocenters. The summed E-state index contributed by atoms with van der Waals surface area (Å²) in [4.78, 5) is 14.7. The minimum Gasteiger partial charge on any atom is -0.497 e. The third kappa shape index (κ3) is 5.77. The van der Waals surface area contributed by atoms with Crippen LogP contribution in [0.5, 0.6) is 5.75 Å². The molecule has 0 fully saturated rings. The average Bonchev–Trinajstić information content (AvgIpc) is 3.34. The Labute approximate surface area is 203 Å². The molecular weight excluding hydrogens is 448 g/mol. The van der Waals surface area contributed by atoms with Gasteiger partial charge in [-0.1, -0.05) is 30.0 Å². The number of anilines is 3. The maximum atomic E-state index is 12.4. The third-order valence-corrected chi connectivity index (χ3v) is 5.87. The number of ether oxygens (including phenoxy) is 1. The number of para-hydroxylation sites is 1. The van der Waals surface area contributed by atoms with E-state index in [0.29, 0.717) is 11.1 Å². The minimum atomic E-state index is -0.147. The first-order valence-electron chi connectivity index (χ1n) is 10.9. The molecule has 4 aromatic rings. The van der Waals surface area contributed by atoms with Crippen molar-refractivity contribution in [1.29, 1.82) is 0 Å². The minimum absolute atomic E-state index is 0.147. The zero-order chi connectivity index (χ0) is 23.9. The number of benzene rings is 3. The lowest BCUT2D eigenvalue weighted by Gasteiger charge is -2.29. The molecule has 0 spiro atoms. The number of methoxy groups -OCH3 is 1. The van der Waals surface area contributed by atoms with E-state index in [2.05, 4.69) is 46.4 Å². The van der Waals surface area contributed by atoms with Gasteiger partial charge in [0.25, 0.3) is 5.22 Å². The maximum Gasteiger partial charge on any atom is 0.277 e. The highest BCUT2D eigenvalue weighted by atomic mass is 32.2. The number of carbonyl (C=O) groups excluding carboxylic acids is 1. The predicted molar refractivity (Wildman–Crippen MR) is 136 cm³/mol. The van der Waals surface area contributed by atoms with Gasteiger partial charge in [-0.2, -0.15) is 0 Å². The van der Waals surface area contributed by atoms with Crippen LogP contribution in [-0.4, -0.2) is 35.0 Å². The predicted octanol–water partition coefficient (Wildman–Crippen LogP) is 6.02. The molecule has 0 saturated heterocycles. The van der Waals surface area contributed by atoms with E-state index in [1.165, 1.54) is 11.8 Å². The van der Waals surface area contributed by atoms with E-state index in [-0.39, 0.29) is 17.7 Å². The first-order chi connectivity index (χ1) is 16.5. The van der Waals surface area contributed by atoms with Crippen molar-refractivity contribution in [2.24, 2.45) is 0 Å². The molecule has 8 heteroatoms. The van der Waals surface area contributed by atoms with Crippen LogP contribution in [0.3, 0.4) is 0 Å². The van der Waals surface area contributed by atoms with E-state index in [9.17, 15) is 4.79 Å². The molecule has 4 rings (SSSR count). The Morgan fingerprint density at radius 1 is 0.971 bits per heavy atom. The highest BCUT2D eigenvalue weighted by Crippen LogP contribution is 2.29. The number of aromatic nitrogens is 2. The molecule has 1 aromatic heterocycles. The first-order valence-corrected chi connectivity index (χ1v) is 11.9. The molecular formula is C26H26N4O3S. The summed E-state index contributed by atoms with van der Waals surface area (Å²) in [5.74, 6) is 1.16. The molecule has 0 aliphatic rings. The Balaban J connectivity index is 1.33. The lowest BCUT2D eigenvalue weighted by Crippen LogP contribution is -2.25. The summed E-state index contributed by atoms with van der Waals surface area (Å²) < 4.78 is 10.8. The van der Waals surface area contributed by atoms with Crippen LogP contribution in [-0.2, 0) is 4.79 Å². The van der Waals surface area contributed by atoms with Crippen molar-refractivity contribution in [2.75, 3.05) is 23.1 Å². The Morgan fingerprint density at radius 2 is 1.65 bits per heavy atom. The van der Waals surface area contributed by atoms with Crippen molar-refractivity contribution in [3.05, 3.63) is 78.9 Å². The highest BCUT2D eigenvalue weighted by molar-refractivity contribution is 7.99. The van der Waals surface area contributed by atoms with Crippen LogP contribution in [0.4, 0.5) is 17.1 Å². The van der Waals surface area contributed by atoms with Gasteiger partial charge in [0.05, 0.1) is 12.9 Å². The smallest absolute Gasteiger partial charge is 0.277 e. The molecule has 0 aliphatic carbocycles.